The molecule has 0 aliphatic carbocycles. The lowest BCUT2D eigenvalue weighted by molar-refractivity contribution is -0.143. The zero-order chi connectivity index (χ0) is 15.0. The maximum atomic E-state index is 11.6. The predicted octanol–water partition coefficient (Wildman–Crippen LogP) is 0.722. The van der Waals surface area contributed by atoms with Gasteiger partial charge in [-0.25, -0.2) is 4.79 Å². The van der Waals surface area contributed by atoms with E-state index >= 15 is 0 Å². The number of carboxylic acid groups (broad SMARTS) is 1. The number of aliphatic carboxylic acids is 1. The summed E-state index contributed by atoms with van der Waals surface area (Å²) in [4.78, 5) is 33.7. The SMILES string of the molecule is CCC(=O)CC[C@@H](NC(=O)[C@H](O)CC(C)C)C(=O)O. The molecule has 0 aromatic carbocycles. The number of carboxylic acids is 1. The van der Waals surface area contributed by atoms with Crippen molar-refractivity contribution in [2.45, 2.75) is 58.6 Å². The van der Waals surface area contributed by atoms with Gasteiger partial charge in [-0.15, -0.1) is 0 Å². The lowest BCUT2D eigenvalue weighted by Gasteiger charge is -2.18. The van der Waals surface area contributed by atoms with Gasteiger partial charge in [0.2, 0.25) is 5.91 Å². The summed E-state index contributed by atoms with van der Waals surface area (Å²) in [6.45, 7) is 5.40. The molecule has 0 aliphatic heterocycles. The number of amides is 1. The fourth-order valence-corrected chi connectivity index (χ4v) is 1.56. The average molecular weight is 273 g/mol. The topological polar surface area (TPSA) is 104 Å². The van der Waals surface area contributed by atoms with E-state index in [-0.39, 0.29) is 31.0 Å². The number of nitrogens with one attached hydrogen (secondary N) is 1. The molecule has 0 bridgehead atoms. The van der Waals surface area contributed by atoms with Gasteiger partial charge in [-0.05, 0) is 18.8 Å². The van der Waals surface area contributed by atoms with Crippen molar-refractivity contribution in [3.8, 4) is 0 Å². The number of hydrogen-bond acceptors (Lipinski definition) is 4. The Labute approximate surface area is 113 Å². The van der Waals surface area contributed by atoms with Crippen molar-refractivity contribution in [2.24, 2.45) is 5.92 Å². The normalized spacial score (nSPS) is 13.9. The molecule has 0 aromatic heterocycles. The molecule has 0 heterocycles. The monoisotopic (exact) mass is 273 g/mol. The van der Waals surface area contributed by atoms with Crippen molar-refractivity contribution in [3.05, 3.63) is 0 Å². The zero-order valence-corrected chi connectivity index (χ0v) is 11.7. The quantitative estimate of drug-likeness (QED) is 0.574. The summed E-state index contributed by atoms with van der Waals surface area (Å²) in [5.74, 6) is -1.83. The highest BCUT2D eigenvalue weighted by atomic mass is 16.4. The lowest BCUT2D eigenvalue weighted by atomic mass is 10.0. The molecular weight excluding hydrogens is 250 g/mol. The molecule has 0 saturated carbocycles. The molecule has 19 heavy (non-hydrogen) atoms. The second kappa shape index (κ2) is 8.63. The van der Waals surface area contributed by atoms with Crippen molar-refractivity contribution >= 4 is 17.7 Å². The van der Waals surface area contributed by atoms with Gasteiger partial charge in [0.25, 0.3) is 0 Å². The maximum Gasteiger partial charge on any atom is 0.326 e. The summed E-state index contributed by atoms with van der Waals surface area (Å²) >= 11 is 0. The standard InChI is InChI=1S/C13H23NO5/c1-4-9(15)5-6-10(13(18)19)14-12(17)11(16)7-8(2)3/h8,10-11,16H,4-7H2,1-3H3,(H,14,17)(H,18,19)/t10-,11-/m1/s1. The van der Waals surface area contributed by atoms with Crippen LogP contribution in [0.5, 0.6) is 0 Å². The predicted molar refractivity (Wildman–Crippen MR) is 69.6 cm³/mol. The third kappa shape index (κ3) is 7.56. The molecule has 0 rings (SSSR count). The number of ketones is 1. The van der Waals surface area contributed by atoms with Crippen molar-refractivity contribution in [3.63, 3.8) is 0 Å². The minimum absolute atomic E-state index is 0.0438. The van der Waals surface area contributed by atoms with Gasteiger partial charge in [0, 0.05) is 12.8 Å². The largest absolute Gasteiger partial charge is 0.480 e. The Hall–Kier alpha value is -1.43. The summed E-state index contributed by atoms with van der Waals surface area (Å²) in [5.41, 5.74) is 0. The Morgan fingerprint density at radius 2 is 1.79 bits per heavy atom. The van der Waals surface area contributed by atoms with Gasteiger partial charge in [0.15, 0.2) is 0 Å². The highest BCUT2D eigenvalue weighted by Gasteiger charge is 2.24. The van der Waals surface area contributed by atoms with E-state index in [1.165, 1.54) is 0 Å². The number of rotatable bonds is 9. The van der Waals surface area contributed by atoms with E-state index in [4.69, 9.17) is 5.11 Å². The molecule has 0 radical (unpaired) electrons. The highest BCUT2D eigenvalue weighted by Crippen LogP contribution is 2.06. The van der Waals surface area contributed by atoms with Crippen LogP contribution in [0.1, 0.15) is 46.5 Å². The van der Waals surface area contributed by atoms with E-state index in [9.17, 15) is 19.5 Å². The van der Waals surface area contributed by atoms with Crippen molar-refractivity contribution in [2.75, 3.05) is 0 Å². The van der Waals surface area contributed by atoms with E-state index < -0.39 is 24.0 Å². The third-order valence-electron chi connectivity index (χ3n) is 2.72. The smallest absolute Gasteiger partial charge is 0.326 e. The first-order chi connectivity index (χ1) is 8.77. The first kappa shape index (κ1) is 17.6. The molecule has 1 amide bonds. The molecule has 2 atom stereocenters. The van der Waals surface area contributed by atoms with E-state index in [0.29, 0.717) is 6.42 Å². The Balaban J connectivity index is 4.37. The molecule has 6 heteroatoms. The van der Waals surface area contributed by atoms with E-state index in [1.807, 2.05) is 13.8 Å². The summed E-state index contributed by atoms with van der Waals surface area (Å²) in [5, 5.41) is 20.8. The Bertz CT molecular complexity index is 327. The molecule has 0 aliphatic rings. The molecule has 110 valence electrons. The minimum Gasteiger partial charge on any atom is -0.480 e. The van der Waals surface area contributed by atoms with E-state index in [1.54, 1.807) is 6.92 Å². The van der Waals surface area contributed by atoms with E-state index in [2.05, 4.69) is 5.32 Å². The summed E-state index contributed by atoms with van der Waals surface area (Å²) in [6.07, 6.45) is -0.456. The Morgan fingerprint density at radius 3 is 2.21 bits per heavy atom. The fourth-order valence-electron chi connectivity index (χ4n) is 1.56. The molecule has 0 fully saturated rings. The molecule has 0 unspecified atom stereocenters. The summed E-state index contributed by atoms with van der Waals surface area (Å²) < 4.78 is 0. The number of Topliss-reactive ketones (excluding diaryl/α,β-unsaturated/α-hetero) is 1. The second-order valence-electron chi connectivity index (χ2n) is 4.98. The molecular formula is C13H23NO5. The van der Waals surface area contributed by atoms with Crippen molar-refractivity contribution < 1.29 is 24.6 Å². The van der Waals surface area contributed by atoms with E-state index in [0.717, 1.165) is 0 Å². The van der Waals surface area contributed by atoms with Crippen LogP contribution in [0.4, 0.5) is 0 Å². The molecule has 6 nitrogen and oxygen atoms in total. The van der Waals surface area contributed by atoms with Crippen LogP contribution in [0.3, 0.4) is 0 Å². The van der Waals surface area contributed by atoms with Gasteiger partial charge in [0.05, 0.1) is 0 Å². The van der Waals surface area contributed by atoms with Crippen LogP contribution in [0.2, 0.25) is 0 Å². The third-order valence-corrected chi connectivity index (χ3v) is 2.72. The van der Waals surface area contributed by atoms with Crippen LogP contribution in [-0.4, -0.2) is 40.0 Å². The first-order valence-corrected chi connectivity index (χ1v) is 6.50. The van der Waals surface area contributed by atoms with Crippen LogP contribution >= 0.6 is 0 Å². The number of carbonyl (C=O) groups is 3. The zero-order valence-electron chi connectivity index (χ0n) is 11.7. The molecule has 0 spiro atoms. The van der Waals surface area contributed by atoms with Crippen LogP contribution in [0.25, 0.3) is 0 Å². The summed E-state index contributed by atoms with van der Waals surface area (Å²) in [7, 11) is 0. The van der Waals surface area contributed by atoms with Gasteiger partial charge in [0.1, 0.15) is 17.9 Å². The number of hydrogen-bond donors (Lipinski definition) is 3. The van der Waals surface area contributed by atoms with Gasteiger partial charge in [-0.3, -0.25) is 9.59 Å². The van der Waals surface area contributed by atoms with Crippen molar-refractivity contribution in [1.82, 2.24) is 5.32 Å². The molecule has 0 aromatic rings. The maximum absolute atomic E-state index is 11.6. The van der Waals surface area contributed by atoms with Gasteiger partial charge < -0.3 is 15.5 Å². The molecule has 3 N–H and O–H groups in total. The number of aliphatic hydroxyl groups is 1. The highest BCUT2D eigenvalue weighted by molar-refractivity contribution is 5.86. The first-order valence-electron chi connectivity index (χ1n) is 6.50. The van der Waals surface area contributed by atoms with Crippen LogP contribution in [0.15, 0.2) is 0 Å². The fraction of sp³-hybridized carbons (Fsp3) is 0.769. The van der Waals surface area contributed by atoms with Gasteiger partial charge >= 0.3 is 5.97 Å². The van der Waals surface area contributed by atoms with Crippen LogP contribution < -0.4 is 5.32 Å². The number of aliphatic hydroxyl groups excluding tert-OH is 1. The minimum atomic E-state index is -1.22. The summed E-state index contributed by atoms with van der Waals surface area (Å²) in [6, 6.07) is -1.13. The Kier molecular flexibility index (Phi) is 7.98. The van der Waals surface area contributed by atoms with Gasteiger partial charge in [-0.1, -0.05) is 20.8 Å². The van der Waals surface area contributed by atoms with Crippen molar-refractivity contribution in [1.29, 1.82) is 0 Å². The average Bonchev–Trinajstić information content (AvgIpc) is 2.32. The van der Waals surface area contributed by atoms with Crippen LogP contribution in [-0.2, 0) is 14.4 Å². The molecule has 0 saturated heterocycles. The number of carbonyl (C=O) groups excluding carboxylic acids is 2. The van der Waals surface area contributed by atoms with Crippen LogP contribution in [0, 0.1) is 5.92 Å². The lowest BCUT2D eigenvalue weighted by Crippen LogP contribution is -2.46. The second-order valence-corrected chi connectivity index (χ2v) is 4.98. The van der Waals surface area contributed by atoms with Gasteiger partial charge in [-0.2, -0.15) is 0 Å². The Morgan fingerprint density at radius 1 is 1.21 bits per heavy atom.